The quantitative estimate of drug-likeness (QED) is 0.188. The van der Waals surface area contributed by atoms with Crippen LogP contribution in [-0.2, 0) is 18.9 Å². The highest BCUT2D eigenvalue weighted by molar-refractivity contribution is 4.96. The van der Waals surface area contributed by atoms with E-state index in [4.69, 9.17) is 18.9 Å². The fourth-order valence-corrected chi connectivity index (χ4v) is 3.90. The molecule has 0 bridgehead atoms. The first-order chi connectivity index (χ1) is 14.2. The molecule has 0 aliphatic carbocycles. The van der Waals surface area contributed by atoms with Crippen molar-refractivity contribution in [1.29, 1.82) is 0 Å². The maximum absolute atomic E-state index is 10.6. The van der Waals surface area contributed by atoms with Crippen LogP contribution in [0, 0.1) is 0 Å². The summed E-state index contributed by atoms with van der Waals surface area (Å²) in [7, 11) is 0. The molecule has 3 rings (SSSR count). The lowest BCUT2D eigenvalue weighted by atomic mass is 9.97. The summed E-state index contributed by atoms with van der Waals surface area (Å²) in [6.07, 6.45) is -16.2. The van der Waals surface area contributed by atoms with Crippen molar-refractivity contribution < 1.29 is 59.8 Å². The predicted octanol–water partition coefficient (Wildman–Crippen LogP) is -5.65. The van der Waals surface area contributed by atoms with Crippen molar-refractivity contribution in [2.45, 2.75) is 86.6 Å². The predicted molar refractivity (Wildman–Crippen MR) is 94.7 cm³/mol. The molecule has 13 nitrogen and oxygen atoms in total. The normalized spacial score (nSPS) is 52.5. The molecule has 0 radical (unpaired) electrons. The van der Waals surface area contributed by atoms with Crippen molar-refractivity contribution in [3.63, 3.8) is 0 Å². The zero-order chi connectivity index (χ0) is 22.2. The number of aliphatic hydroxyl groups is 8. The van der Waals surface area contributed by atoms with Gasteiger partial charge in [-0.1, -0.05) is 0 Å². The molecule has 0 saturated carbocycles. The molecule has 3 aliphatic heterocycles. The minimum Gasteiger partial charge on any atom is -0.395 e. The van der Waals surface area contributed by atoms with Crippen LogP contribution in [0.2, 0.25) is 0 Å². The van der Waals surface area contributed by atoms with E-state index < -0.39 is 86.3 Å². The zero-order valence-corrected chi connectivity index (χ0v) is 16.3. The van der Waals surface area contributed by atoms with E-state index in [1.807, 2.05) is 0 Å². The van der Waals surface area contributed by atoms with E-state index in [-0.39, 0.29) is 13.2 Å². The molecule has 13 atom stereocenters. The van der Waals surface area contributed by atoms with Gasteiger partial charge in [-0.25, -0.2) is 0 Å². The molecule has 0 aromatic carbocycles. The lowest BCUT2D eigenvalue weighted by molar-refractivity contribution is -0.361. The maximum atomic E-state index is 10.6. The highest BCUT2D eigenvalue weighted by atomic mass is 16.7. The number of aliphatic hydroxyl groups excluding tert-OH is 8. The third kappa shape index (κ3) is 4.63. The number of hydrogen-bond acceptors (Lipinski definition) is 13. The van der Waals surface area contributed by atoms with Crippen LogP contribution in [0.4, 0.5) is 0 Å². The summed E-state index contributed by atoms with van der Waals surface area (Å²) in [4.78, 5) is 0. The minimum atomic E-state index is -1.67. The fraction of sp³-hybridized carbons (Fsp3) is 1.00. The molecular formula is C17H31NO12. The Morgan fingerprint density at radius 2 is 1.37 bits per heavy atom. The summed E-state index contributed by atoms with van der Waals surface area (Å²) in [5, 5.41) is 82.7. The average Bonchev–Trinajstić information content (AvgIpc) is 3.09. The molecule has 4 unspecified atom stereocenters. The number of hydrogen-bond donors (Lipinski definition) is 9. The second-order valence-corrected chi connectivity index (χ2v) is 7.85. The molecule has 13 heteroatoms. The molecule has 3 saturated heterocycles. The Kier molecular flexibility index (Phi) is 8.01. The molecule has 30 heavy (non-hydrogen) atoms. The van der Waals surface area contributed by atoms with Gasteiger partial charge in [-0.05, 0) is 6.92 Å². The summed E-state index contributed by atoms with van der Waals surface area (Å²) in [5.41, 5.74) is 0. The van der Waals surface area contributed by atoms with Crippen LogP contribution in [0.5, 0.6) is 0 Å². The number of β-amino-alcohol motifs (C(OH)–C–C–N with tert-alkyl or cyclic N) is 1. The van der Waals surface area contributed by atoms with Gasteiger partial charge in [-0.15, -0.1) is 0 Å². The van der Waals surface area contributed by atoms with Crippen molar-refractivity contribution in [3.05, 3.63) is 0 Å². The third-order valence-corrected chi connectivity index (χ3v) is 5.77. The van der Waals surface area contributed by atoms with Gasteiger partial charge in [-0.2, -0.15) is 0 Å². The van der Waals surface area contributed by atoms with Gasteiger partial charge in [0, 0.05) is 6.54 Å². The van der Waals surface area contributed by atoms with Gasteiger partial charge in [0.1, 0.15) is 48.8 Å². The van der Waals surface area contributed by atoms with Crippen LogP contribution < -0.4 is 5.32 Å². The standard InChI is InChI=1S/C17H31NO12/c1-5-9(22)10(23)12(25)16(27-5)30-15-8(4-20)28-17(13(26)11(15)24)29-14-6(3-19)18-2-7(14)21/h5-26H,2-4H2,1H3/t5-,6?,7?,8-,9-,10+,11-,12-,13-,14?,15?,16+,17-/m1/s1. The van der Waals surface area contributed by atoms with E-state index >= 15 is 0 Å². The number of ether oxygens (including phenoxy) is 4. The molecule has 0 spiro atoms. The van der Waals surface area contributed by atoms with Crippen molar-refractivity contribution in [3.8, 4) is 0 Å². The molecule has 3 heterocycles. The highest BCUT2D eigenvalue weighted by Crippen LogP contribution is 2.30. The monoisotopic (exact) mass is 441 g/mol. The van der Waals surface area contributed by atoms with E-state index in [9.17, 15) is 40.9 Å². The summed E-state index contributed by atoms with van der Waals surface area (Å²) in [5.74, 6) is 0. The van der Waals surface area contributed by atoms with E-state index in [2.05, 4.69) is 5.32 Å². The average molecular weight is 441 g/mol. The first-order valence-electron chi connectivity index (χ1n) is 9.84. The highest BCUT2D eigenvalue weighted by Gasteiger charge is 2.51. The molecule has 0 aromatic rings. The topological polar surface area (TPSA) is 211 Å². The van der Waals surface area contributed by atoms with Gasteiger partial charge in [0.25, 0.3) is 0 Å². The van der Waals surface area contributed by atoms with Gasteiger partial charge in [0.05, 0.1) is 31.5 Å². The van der Waals surface area contributed by atoms with Crippen LogP contribution in [0.3, 0.4) is 0 Å². The van der Waals surface area contributed by atoms with Crippen LogP contribution in [0.25, 0.3) is 0 Å². The first kappa shape index (κ1) is 24.1. The van der Waals surface area contributed by atoms with E-state index in [0.717, 1.165) is 0 Å². The second kappa shape index (κ2) is 9.95. The van der Waals surface area contributed by atoms with Crippen molar-refractivity contribution >= 4 is 0 Å². The van der Waals surface area contributed by atoms with Crippen LogP contribution in [-0.4, -0.2) is 140 Å². The summed E-state index contributed by atoms with van der Waals surface area (Å²) in [6.45, 7) is 0.600. The number of nitrogens with one attached hydrogen (secondary N) is 1. The van der Waals surface area contributed by atoms with Gasteiger partial charge in [-0.3, -0.25) is 0 Å². The Bertz CT molecular complexity index is 555. The summed E-state index contributed by atoms with van der Waals surface area (Å²) >= 11 is 0. The molecule has 0 aromatic heterocycles. The third-order valence-electron chi connectivity index (χ3n) is 5.77. The fourth-order valence-electron chi connectivity index (χ4n) is 3.90. The summed E-state index contributed by atoms with van der Waals surface area (Å²) < 4.78 is 21.9. The van der Waals surface area contributed by atoms with E-state index in [1.165, 1.54) is 6.92 Å². The smallest absolute Gasteiger partial charge is 0.187 e. The largest absolute Gasteiger partial charge is 0.395 e. The zero-order valence-electron chi connectivity index (χ0n) is 16.3. The van der Waals surface area contributed by atoms with Crippen molar-refractivity contribution in [2.24, 2.45) is 0 Å². The molecule has 3 fully saturated rings. The van der Waals surface area contributed by atoms with Crippen LogP contribution >= 0.6 is 0 Å². The summed E-state index contributed by atoms with van der Waals surface area (Å²) in [6, 6.07) is -0.616. The Hall–Kier alpha value is -0.520. The minimum absolute atomic E-state index is 0.152. The van der Waals surface area contributed by atoms with Crippen LogP contribution in [0.15, 0.2) is 0 Å². The molecule has 176 valence electrons. The van der Waals surface area contributed by atoms with E-state index in [0.29, 0.717) is 0 Å². The Labute approximate surface area is 172 Å². The molecular weight excluding hydrogens is 410 g/mol. The van der Waals surface area contributed by atoms with Crippen molar-refractivity contribution in [2.75, 3.05) is 19.8 Å². The van der Waals surface area contributed by atoms with Gasteiger partial charge < -0.3 is 65.1 Å². The Morgan fingerprint density at radius 3 is 2.00 bits per heavy atom. The first-order valence-corrected chi connectivity index (χ1v) is 9.84. The van der Waals surface area contributed by atoms with Gasteiger partial charge >= 0.3 is 0 Å². The Morgan fingerprint density at radius 1 is 0.767 bits per heavy atom. The molecule has 0 amide bonds. The molecule has 3 aliphatic rings. The SMILES string of the molecule is C[C@H]1O[C@@H](OC2[C@@H](CO)O[C@H](OC3C(O)CNC3CO)[C@H](O)[C@H]2O)[C@H](O)[C@@H](O)[C@@H]1O. The maximum Gasteiger partial charge on any atom is 0.187 e. The second-order valence-electron chi connectivity index (χ2n) is 7.85. The molecule has 9 N–H and O–H groups in total. The van der Waals surface area contributed by atoms with E-state index in [1.54, 1.807) is 0 Å². The lowest BCUT2D eigenvalue weighted by Gasteiger charge is -2.46. The van der Waals surface area contributed by atoms with Gasteiger partial charge in [0.15, 0.2) is 12.6 Å². The van der Waals surface area contributed by atoms with Crippen LogP contribution in [0.1, 0.15) is 6.92 Å². The Balaban J connectivity index is 1.68. The van der Waals surface area contributed by atoms with Gasteiger partial charge in [0.2, 0.25) is 0 Å². The lowest BCUT2D eigenvalue weighted by Crippen LogP contribution is -2.64. The van der Waals surface area contributed by atoms with Crippen molar-refractivity contribution in [1.82, 2.24) is 5.32 Å². The number of rotatable bonds is 6.